The Kier molecular flexibility index (Phi) is 4.03. The number of hydrogen-bond donors (Lipinski definition) is 1. The van der Waals surface area contributed by atoms with Gasteiger partial charge in [-0.3, -0.25) is 4.79 Å². The van der Waals surface area contributed by atoms with Crippen LogP contribution in [0.3, 0.4) is 0 Å². The fraction of sp³-hybridized carbons (Fsp3) is 0.176. The number of fused-ring (bicyclic) bond motifs is 1. The van der Waals surface area contributed by atoms with Crippen molar-refractivity contribution in [3.8, 4) is 11.8 Å². The first kappa shape index (κ1) is 14.5. The van der Waals surface area contributed by atoms with Crippen molar-refractivity contribution in [1.29, 1.82) is 5.26 Å². The molecule has 1 heterocycles. The minimum Gasteiger partial charge on any atom is -0.492 e. The van der Waals surface area contributed by atoms with Crippen LogP contribution in [0.4, 0.5) is 5.69 Å². The number of ether oxygens (including phenoxy) is 1. The number of benzene rings is 2. The zero-order chi connectivity index (χ0) is 15.5. The summed E-state index contributed by atoms with van der Waals surface area (Å²) in [5, 5.41) is 11.9. The van der Waals surface area contributed by atoms with Crippen molar-refractivity contribution in [2.75, 3.05) is 18.2 Å². The molecule has 0 bridgehead atoms. The molecule has 110 valence electrons. The number of thioether (sulfide) groups is 1. The predicted molar refractivity (Wildman–Crippen MR) is 86.2 cm³/mol. The molecule has 1 amide bonds. The molecule has 2 aromatic rings. The molecule has 5 heteroatoms. The van der Waals surface area contributed by atoms with Gasteiger partial charge < -0.3 is 10.1 Å². The zero-order valence-electron chi connectivity index (χ0n) is 12.0. The number of nitriles is 1. The standard InChI is InChI=1S/C17H14N2O2S/c1-22-16-7-6-11(9-18)8-14(16)19-17(20)13-10-21-15-5-3-2-4-12(13)15/h2-8,13H,10H2,1H3,(H,19,20). The van der Waals surface area contributed by atoms with Crippen LogP contribution in [-0.4, -0.2) is 18.8 Å². The largest absolute Gasteiger partial charge is 0.492 e. The van der Waals surface area contributed by atoms with Crippen molar-refractivity contribution in [3.63, 3.8) is 0 Å². The summed E-state index contributed by atoms with van der Waals surface area (Å²) in [5.41, 5.74) is 2.10. The molecule has 4 nitrogen and oxygen atoms in total. The lowest BCUT2D eigenvalue weighted by Crippen LogP contribution is -2.22. The van der Waals surface area contributed by atoms with E-state index in [1.165, 1.54) is 11.8 Å². The minimum atomic E-state index is -0.323. The van der Waals surface area contributed by atoms with Crippen LogP contribution < -0.4 is 10.1 Å². The number of anilines is 1. The number of hydrogen-bond acceptors (Lipinski definition) is 4. The van der Waals surface area contributed by atoms with E-state index in [0.717, 1.165) is 16.2 Å². The van der Waals surface area contributed by atoms with Crippen LogP contribution in [0.1, 0.15) is 17.0 Å². The van der Waals surface area contributed by atoms with Gasteiger partial charge in [-0.05, 0) is 30.5 Å². The Morgan fingerprint density at radius 2 is 2.18 bits per heavy atom. The minimum absolute atomic E-state index is 0.115. The fourth-order valence-electron chi connectivity index (χ4n) is 2.47. The number of amides is 1. The molecule has 0 fully saturated rings. The third-order valence-electron chi connectivity index (χ3n) is 3.60. The van der Waals surface area contributed by atoms with E-state index in [0.29, 0.717) is 17.9 Å². The van der Waals surface area contributed by atoms with E-state index in [4.69, 9.17) is 10.00 Å². The highest BCUT2D eigenvalue weighted by Crippen LogP contribution is 2.35. The van der Waals surface area contributed by atoms with Crippen LogP contribution >= 0.6 is 11.8 Å². The highest BCUT2D eigenvalue weighted by atomic mass is 32.2. The number of rotatable bonds is 3. The van der Waals surface area contributed by atoms with Crippen molar-refractivity contribution >= 4 is 23.4 Å². The van der Waals surface area contributed by atoms with Gasteiger partial charge in [-0.25, -0.2) is 0 Å². The average molecular weight is 310 g/mol. The van der Waals surface area contributed by atoms with Crippen LogP contribution in [-0.2, 0) is 4.79 Å². The third kappa shape index (κ3) is 2.66. The molecule has 0 aliphatic carbocycles. The number of para-hydroxylation sites is 1. The molecular weight excluding hydrogens is 296 g/mol. The van der Waals surface area contributed by atoms with Crippen LogP contribution in [0.25, 0.3) is 0 Å². The highest BCUT2D eigenvalue weighted by Gasteiger charge is 2.30. The number of nitrogens with one attached hydrogen (secondary N) is 1. The molecule has 0 aromatic heterocycles. The van der Waals surface area contributed by atoms with Gasteiger partial charge in [0, 0.05) is 10.5 Å². The first-order chi connectivity index (χ1) is 10.7. The Morgan fingerprint density at radius 3 is 2.95 bits per heavy atom. The molecule has 0 radical (unpaired) electrons. The smallest absolute Gasteiger partial charge is 0.235 e. The summed E-state index contributed by atoms with van der Waals surface area (Å²) in [7, 11) is 0. The molecule has 1 unspecified atom stereocenters. The molecular formula is C17H14N2O2S. The van der Waals surface area contributed by atoms with Gasteiger partial charge in [0.1, 0.15) is 18.3 Å². The maximum atomic E-state index is 12.6. The summed E-state index contributed by atoms with van der Waals surface area (Å²) in [5.74, 6) is 0.325. The number of carbonyl (C=O) groups excluding carboxylic acids is 1. The Bertz CT molecular complexity index is 767. The third-order valence-corrected chi connectivity index (χ3v) is 4.40. The fourth-order valence-corrected chi connectivity index (χ4v) is 3.01. The van der Waals surface area contributed by atoms with Crippen molar-refractivity contribution in [1.82, 2.24) is 0 Å². The van der Waals surface area contributed by atoms with E-state index in [1.807, 2.05) is 36.6 Å². The molecule has 22 heavy (non-hydrogen) atoms. The second-order valence-electron chi connectivity index (χ2n) is 4.92. The molecule has 0 saturated heterocycles. The molecule has 3 rings (SSSR count). The highest BCUT2D eigenvalue weighted by molar-refractivity contribution is 7.98. The second-order valence-corrected chi connectivity index (χ2v) is 5.77. The number of nitrogens with zero attached hydrogens (tertiary/aromatic N) is 1. The van der Waals surface area contributed by atoms with E-state index in [1.54, 1.807) is 12.1 Å². The summed E-state index contributed by atoms with van der Waals surface area (Å²) in [6.45, 7) is 0.345. The quantitative estimate of drug-likeness (QED) is 0.883. The lowest BCUT2D eigenvalue weighted by atomic mass is 10.0. The summed E-state index contributed by atoms with van der Waals surface area (Å²) >= 11 is 1.53. The Hall–Kier alpha value is -2.45. The first-order valence-electron chi connectivity index (χ1n) is 6.83. The van der Waals surface area contributed by atoms with Crippen LogP contribution in [0.5, 0.6) is 5.75 Å². The van der Waals surface area contributed by atoms with Crippen LogP contribution in [0.15, 0.2) is 47.4 Å². The molecule has 1 aliphatic heterocycles. The van der Waals surface area contributed by atoms with Gasteiger partial charge >= 0.3 is 0 Å². The van der Waals surface area contributed by atoms with E-state index in [2.05, 4.69) is 11.4 Å². The Balaban J connectivity index is 1.85. The van der Waals surface area contributed by atoms with Crippen LogP contribution in [0.2, 0.25) is 0 Å². The molecule has 1 N–H and O–H groups in total. The normalized spacial score (nSPS) is 15.5. The van der Waals surface area contributed by atoms with Crippen LogP contribution in [0, 0.1) is 11.3 Å². The lowest BCUT2D eigenvalue weighted by molar-refractivity contribution is -0.117. The molecule has 1 aliphatic rings. The predicted octanol–water partition coefficient (Wildman–Crippen LogP) is 3.39. The van der Waals surface area contributed by atoms with Gasteiger partial charge in [-0.1, -0.05) is 18.2 Å². The summed E-state index contributed by atoms with van der Waals surface area (Å²) in [6, 6.07) is 15.0. The molecule has 1 atom stereocenters. The lowest BCUT2D eigenvalue weighted by Gasteiger charge is -2.13. The van der Waals surface area contributed by atoms with E-state index < -0.39 is 0 Å². The molecule has 2 aromatic carbocycles. The maximum absolute atomic E-state index is 12.6. The van der Waals surface area contributed by atoms with Gasteiger partial charge in [-0.15, -0.1) is 11.8 Å². The van der Waals surface area contributed by atoms with Gasteiger partial charge in [-0.2, -0.15) is 5.26 Å². The Morgan fingerprint density at radius 1 is 1.36 bits per heavy atom. The van der Waals surface area contributed by atoms with Gasteiger partial charge in [0.2, 0.25) is 5.91 Å². The summed E-state index contributed by atoms with van der Waals surface area (Å²) < 4.78 is 5.55. The average Bonchev–Trinajstić information content (AvgIpc) is 2.99. The number of carbonyl (C=O) groups is 1. The SMILES string of the molecule is CSc1ccc(C#N)cc1NC(=O)C1COc2ccccc21. The summed E-state index contributed by atoms with van der Waals surface area (Å²) in [6.07, 6.45) is 1.94. The molecule has 0 spiro atoms. The maximum Gasteiger partial charge on any atom is 0.235 e. The monoisotopic (exact) mass is 310 g/mol. The van der Waals surface area contributed by atoms with Crippen molar-refractivity contribution in [2.45, 2.75) is 10.8 Å². The van der Waals surface area contributed by atoms with Crippen molar-refractivity contribution in [2.24, 2.45) is 0 Å². The Labute approximate surface area is 133 Å². The molecule has 0 saturated carbocycles. The van der Waals surface area contributed by atoms with Crippen molar-refractivity contribution in [3.05, 3.63) is 53.6 Å². The van der Waals surface area contributed by atoms with E-state index in [9.17, 15) is 4.79 Å². The van der Waals surface area contributed by atoms with E-state index >= 15 is 0 Å². The van der Waals surface area contributed by atoms with Gasteiger partial charge in [0.05, 0.1) is 17.3 Å². The second kappa shape index (κ2) is 6.12. The topological polar surface area (TPSA) is 62.1 Å². The van der Waals surface area contributed by atoms with Gasteiger partial charge in [0.15, 0.2) is 0 Å². The summed E-state index contributed by atoms with van der Waals surface area (Å²) in [4.78, 5) is 13.5. The first-order valence-corrected chi connectivity index (χ1v) is 8.06. The van der Waals surface area contributed by atoms with E-state index in [-0.39, 0.29) is 11.8 Å². The van der Waals surface area contributed by atoms with Crippen molar-refractivity contribution < 1.29 is 9.53 Å². The zero-order valence-corrected chi connectivity index (χ0v) is 12.8. The van der Waals surface area contributed by atoms with Gasteiger partial charge in [0.25, 0.3) is 0 Å².